The van der Waals surface area contributed by atoms with Gasteiger partial charge in [0.05, 0.1) is 6.42 Å². The first-order valence-electron chi connectivity index (χ1n) is 8.35. The molecule has 0 unspecified atom stereocenters. The van der Waals surface area contributed by atoms with E-state index in [9.17, 15) is 9.59 Å². The van der Waals surface area contributed by atoms with Crippen molar-refractivity contribution in [3.05, 3.63) is 76.5 Å². The largest absolute Gasteiger partial charge is 0.352 e. The Bertz CT molecular complexity index is 887. The summed E-state index contributed by atoms with van der Waals surface area (Å²) in [6.45, 7) is 1.96. The lowest BCUT2D eigenvalue weighted by atomic mass is 10.0. The van der Waals surface area contributed by atoms with Crippen LogP contribution in [0.2, 0.25) is 0 Å². The molecule has 0 fully saturated rings. The lowest BCUT2D eigenvalue weighted by molar-refractivity contribution is -0.120. The van der Waals surface area contributed by atoms with Crippen molar-refractivity contribution in [3.63, 3.8) is 0 Å². The molecule has 1 aromatic heterocycles. The summed E-state index contributed by atoms with van der Waals surface area (Å²) in [6, 6.07) is 17.5. The van der Waals surface area contributed by atoms with Gasteiger partial charge >= 0.3 is 0 Å². The van der Waals surface area contributed by atoms with E-state index >= 15 is 0 Å². The fourth-order valence-electron chi connectivity index (χ4n) is 2.72. The van der Waals surface area contributed by atoms with Crippen molar-refractivity contribution in [2.24, 2.45) is 0 Å². The third-order valence-electron chi connectivity index (χ3n) is 3.96. The molecule has 2 aromatic carbocycles. The molecule has 0 aliphatic rings. The van der Waals surface area contributed by atoms with Gasteiger partial charge in [-0.15, -0.1) is 0 Å². The Morgan fingerprint density at radius 1 is 1.00 bits per heavy atom. The summed E-state index contributed by atoms with van der Waals surface area (Å²) in [5, 5.41) is 9.86. The minimum Gasteiger partial charge on any atom is -0.352 e. The van der Waals surface area contributed by atoms with Crippen LogP contribution in [0.4, 0.5) is 5.69 Å². The second-order valence-electron chi connectivity index (χ2n) is 6.00. The second kappa shape index (κ2) is 8.45. The average molecular weight is 364 g/mol. The number of carbonyl (C=O) groups is 2. The molecular formula is C21H20N2O2S. The number of anilines is 1. The highest BCUT2D eigenvalue weighted by Gasteiger charge is 2.08. The molecule has 0 saturated carbocycles. The Hall–Kier alpha value is -2.92. The quantitative estimate of drug-likeness (QED) is 0.688. The van der Waals surface area contributed by atoms with E-state index in [4.69, 9.17) is 0 Å². The number of carbonyl (C=O) groups excluding carboxylic acids is 2. The zero-order valence-corrected chi connectivity index (χ0v) is 15.3. The smallest absolute Gasteiger partial charge is 0.224 e. The highest BCUT2D eigenvalue weighted by molar-refractivity contribution is 7.08. The van der Waals surface area contributed by atoms with Crippen LogP contribution in [-0.4, -0.2) is 11.8 Å². The van der Waals surface area contributed by atoms with Gasteiger partial charge in [0.15, 0.2) is 0 Å². The van der Waals surface area contributed by atoms with Crippen LogP contribution < -0.4 is 10.6 Å². The molecule has 0 aliphatic heterocycles. The van der Waals surface area contributed by atoms with Gasteiger partial charge in [0.1, 0.15) is 0 Å². The number of hydrogen-bond acceptors (Lipinski definition) is 3. The van der Waals surface area contributed by atoms with Crippen molar-refractivity contribution in [2.75, 3.05) is 5.32 Å². The average Bonchev–Trinajstić information content (AvgIpc) is 3.16. The molecule has 2 amide bonds. The third kappa shape index (κ3) is 4.80. The molecule has 1 heterocycles. The lowest BCUT2D eigenvalue weighted by Gasteiger charge is -2.10. The van der Waals surface area contributed by atoms with Crippen molar-refractivity contribution < 1.29 is 9.59 Å². The lowest BCUT2D eigenvalue weighted by Crippen LogP contribution is -2.24. The standard InChI is InChI=1S/C21H20N2O2S/c1-15(24)23-19-8-6-16(7-9-19)12-21(25)22-13-17-4-2-3-5-20(17)18-10-11-26-14-18/h2-11,14H,12-13H2,1H3,(H,22,25)(H,23,24). The number of amides is 2. The Morgan fingerprint density at radius 3 is 2.46 bits per heavy atom. The highest BCUT2D eigenvalue weighted by Crippen LogP contribution is 2.25. The molecule has 0 saturated heterocycles. The Kier molecular flexibility index (Phi) is 5.81. The molecule has 0 atom stereocenters. The zero-order chi connectivity index (χ0) is 18.4. The van der Waals surface area contributed by atoms with E-state index in [1.165, 1.54) is 12.5 Å². The van der Waals surface area contributed by atoms with Crippen molar-refractivity contribution in [2.45, 2.75) is 19.9 Å². The first kappa shape index (κ1) is 17.9. The minimum absolute atomic E-state index is 0.0302. The van der Waals surface area contributed by atoms with Gasteiger partial charge in [-0.1, -0.05) is 36.4 Å². The van der Waals surface area contributed by atoms with E-state index in [2.05, 4.69) is 33.5 Å². The van der Waals surface area contributed by atoms with E-state index < -0.39 is 0 Å². The summed E-state index contributed by atoms with van der Waals surface area (Å²) in [5.41, 5.74) is 5.05. The topological polar surface area (TPSA) is 58.2 Å². The zero-order valence-electron chi connectivity index (χ0n) is 14.5. The summed E-state index contributed by atoms with van der Waals surface area (Å²) in [7, 11) is 0. The SMILES string of the molecule is CC(=O)Nc1ccc(CC(=O)NCc2ccccc2-c2ccsc2)cc1. The van der Waals surface area contributed by atoms with Crippen molar-refractivity contribution in [3.8, 4) is 11.1 Å². The third-order valence-corrected chi connectivity index (χ3v) is 4.65. The maximum Gasteiger partial charge on any atom is 0.224 e. The summed E-state index contributed by atoms with van der Waals surface area (Å²) >= 11 is 1.66. The van der Waals surface area contributed by atoms with Gasteiger partial charge in [0, 0.05) is 19.2 Å². The van der Waals surface area contributed by atoms with Crippen LogP contribution in [0.1, 0.15) is 18.1 Å². The molecular weight excluding hydrogens is 344 g/mol. The van der Waals surface area contributed by atoms with Crippen LogP contribution in [0.25, 0.3) is 11.1 Å². The monoisotopic (exact) mass is 364 g/mol. The molecule has 3 rings (SSSR count). The maximum absolute atomic E-state index is 12.3. The van der Waals surface area contributed by atoms with Gasteiger partial charge in [-0.3, -0.25) is 9.59 Å². The molecule has 0 bridgehead atoms. The fourth-order valence-corrected chi connectivity index (χ4v) is 3.38. The molecule has 3 aromatic rings. The summed E-state index contributed by atoms with van der Waals surface area (Å²) in [6.07, 6.45) is 0.307. The Morgan fingerprint density at radius 2 is 1.77 bits per heavy atom. The number of rotatable bonds is 6. The molecule has 132 valence electrons. The van der Waals surface area contributed by atoms with Crippen molar-refractivity contribution in [1.82, 2.24) is 5.32 Å². The first-order valence-corrected chi connectivity index (χ1v) is 9.30. The van der Waals surface area contributed by atoms with Gasteiger partial charge in [-0.25, -0.2) is 0 Å². The van der Waals surface area contributed by atoms with Crippen LogP contribution in [0.3, 0.4) is 0 Å². The molecule has 2 N–H and O–H groups in total. The summed E-state index contributed by atoms with van der Waals surface area (Å²) in [5.74, 6) is -0.142. The number of benzene rings is 2. The van der Waals surface area contributed by atoms with Crippen molar-refractivity contribution in [1.29, 1.82) is 0 Å². The number of nitrogens with one attached hydrogen (secondary N) is 2. The minimum atomic E-state index is -0.111. The predicted octanol–water partition coefficient (Wildman–Crippen LogP) is 4.23. The molecule has 0 aliphatic carbocycles. The van der Waals surface area contributed by atoms with Gasteiger partial charge in [0.2, 0.25) is 11.8 Å². The van der Waals surface area contributed by atoms with Crippen LogP contribution >= 0.6 is 11.3 Å². The predicted molar refractivity (Wildman–Crippen MR) is 106 cm³/mol. The van der Waals surface area contributed by atoms with E-state index in [1.54, 1.807) is 23.5 Å². The van der Waals surface area contributed by atoms with Crippen LogP contribution in [0.5, 0.6) is 0 Å². The molecule has 5 heteroatoms. The summed E-state index contributed by atoms with van der Waals surface area (Å²) < 4.78 is 0. The highest BCUT2D eigenvalue weighted by atomic mass is 32.1. The van der Waals surface area contributed by atoms with Crippen LogP contribution in [-0.2, 0) is 22.6 Å². The van der Waals surface area contributed by atoms with Crippen LogP contribution in [0, 0.1) is 0 Å². The fraction of sp³-hybridized carbons (Fsp3) is 0.143. The molecule has 26 heavy (non-hydrogen) atoms. The molecule has 0 radical (unpaired) electrons. The van der Waals surface area contributed by atoms with Gasteiger partial charge in [-0.05, 0) is 51.2 Å². The summed E-state index contributed by atoms with van der Waals surface area (Å²) in [4.78, 5) is 23.3. The number of thiophene rings is 1. The maximum atomic E-state index is 12.3. The Labute approximate surface area is 156 Å². The molecule has 4 nitrogen and oxygen atoms in total. The number of hydrogen-bond donors (Lipinski definition) is 2. The van der Waals surface area contributed by atoms with Crippen LogP contribution in [0.15, 0.2) is 65.4 Å². The van der Waals surface area contributed by atoms with E-state index in [0.29, 0.717) is 13.0 Å². The second-order valence-corrected chi connectivity index (χ2v) is 6.78. The van der Waals surface area contributed by atoms with Gasteiger partial charge in [0.25, 0.3) is 0 Å². The van der Waals surface area contributed by atoms with E-state index in [-0.39, 0.29) is 11.8 Å². The van der Waals surface area contributed by atoms with Crippen molar-refractivity contribution >= 4 is 28.8 Å². The van der Waals surface area contributed by atoms with E-state index in [1.807, 2.05) is 30.3 Å². The van der Waals surface area contributed by atoms with Gasteiger partial charge in [-0.2, -0.15) is 11.3 Å². The first-order chi connectivity index (χ1) is 12.6. The molecule has 0 spiro atoms. The van der Waals surface area contributed by atoms with E-state index in [0.717, 1.165) is 22.4 Å². The van der Waals surface area contributed by atoms with Gasteiger partial charge < -0.3 is 10.6 Å². The normalized spacial score (nSPS) is 10.3. The Balaban J connectivity index is 1.59.